The molecule has 4 aromatic rings. The van der Waals surface area contributed by atoms with Crippen molar-refractivity contribution in [2.75, 3.05) is 0 Å². The van der Waals surface area contributed by atoms with Gasteiger partial charge in [-0.3, -0.25) is 4.99 Å². The van der Waals surface area contributed by atoms with E-state index in [1.807, 2.05) is 54.7 Å². The summed E-state index contributed by atoms with van der Waals surface area (Å²) in [6, 6.07) is 15.7. The SMILES string of the molecule is Clc1nc(COc2ccc(C=Nc3ccccc3Br)cc2)nc2sc3c(c12)CCCC3. The van der Waals surface area contributed by atoms with Crippen LogP contribution in [0.25, 0.3) is 10.2 Å². The summed E-state index contributed by atoms with van der Waals surface area (Å²) in [5, 5.41) is 1.58. The van der Waals surface area contributed by atoms with Crippen LogP contribution >= 0.6 is 38.9 Å². The summed E-state index contributed by atoms with van der Waals surface area (Å²) < 4.78 is 6.87. The van der Waals surface area contributed by atoms with Gasteiger partial charge in [0.25, 0.3) is 0 Å². The third kappa shape index (κ3) is 4.52. The van der Waals surface area contributed by atoms with E-state index in [9.17, 15) is 0 Å². The first-order valence-electron chi connectivity index (χ1n) is 10.2. The molecule has 1 aliphatic carbocycles. The van der Waals surface area contributed by atoms with Crippen LogP contribution in [-0.4, -0.2) is 16.2 Å². The van der Waals surface area contributed by atoms with Gasteiger partial charge < -0.3 is 4.74 Å². The summed E-state index contributed by atoms with van der Waals surface area (Å²) >= 11 is 11.8. The molecule has 0 radical (unpaired) electrons. The Balaban J connectivity index is 1.28. The fourth-order valence-electron chi connectivity index (χ4n) is 3.72. The number of fused-ring (bicyclic) bond motifs is 3. The maximum absolute atomic E-state index is 6.52. The monoisotopic (exact) mass is 511 g/mol. The molecule has 1 aliphatic rings. The van der Waals surface area contributed by atoms with Crippen LogP contribution in [0.2, 0.25) is 5.15 Å². The largest absolute Gasteiger partial charge is 0.486 e. The van der Waals surface area contributed by atoms with E-state index >= 15 is 0 Å². The van der Waals surface area contributed by atoms with E-state index in [0.29, 0.717) is 11.0 Å². The predicted octanol–water partition coefficient (Wildman–Crippen LogP) is 7.32. The van der Waals surface area contributed by atoms with Crippen LogP contribution in [-0.2, 0) is 19.4 Å². The van der Waals surface area contributed by atoms with E-state index in [2.05, 4.69) is 25.9 Å². The van der Waals surface area contributed by atoms with Gasteiger partial charge >= 0.3 is 0 Å². The average molecular weight is 513 g/mol. The summed E-state index contributed by atoms with van der Waals surface area (Å²) in [4.78, 5) is 16.1. The maximum atomic E-state index is 6.52. The van der Waals surface area contributed by atoms with Gasteiger partial charge in [0.1, 0.15) is 22.3 Å². The number of nitrogens with zero attached hydrogens (tertiary/aromatic N) is 3. The van der Waals surface area contributed by atoms with E-state index in [0.717, 1.165) is 44.5 Å². The van der Waals surface area contributed by atoms with Gasteiger partial charge in [-0.25, -0.2) is 9.97 Å². The highest BCUT2D eigenvalue weighted by Crippen LogP contribution is 2.38. The lowest BCUT2D eigenvalue weighted by Gasteiger charge is -2.10. The van der Waals surface area contributed by atoms with E-state index in [4.69, 9.17) is 21.3 Å². The molecule has 0 aliphatic heterocycles. The van der Waals surface area contributed by atoms with Crippen molar-refractivity contribution < 1.29 is 4.74 Å². The predicted molar refractivity (Wildman–Crippen MR) is 131 cm³/mol. The molecule has 7 heteroatoms. The van der Waals surface area contributed by atoms with Gasteiger partial charge in [0.2, 0.25) is 0 Å². The molecular formula is C24H19BrClN3OS. The van der Waals surface area contributed by atoms with Crippen molar-refractivity contribution in [2.45, 2.75) is 32.3 Å². The van der Waals surface area contributed by atoms with Crippen molar-refractivity contribution in [3.63, 3.8) is 0 Å². The molecule has 0 saturated heterocycles. The fraction of sp³-hybridized carbons (Fsp3) is 0.208. The summed E-state index contributed by atoms with van der Waals surface area (Å²) in [6.07, 6.45) is 6.48. The number of rotatable bonds is 5. The third-order valence-electron chi connectivity index (χ3n) is 5.27. The Bertz CT molecular complexity index is 1270. The Hall–Kier alpha value is -2.28. The Kier molecular flexibility index (Phi) is 6.03. The van der Waals surface area contributed by atoms with Crippen molar-refractivity contribution in [1.29, 1.82) is 0 Å². The highest BCUT2D eigenvalue weighted by molar-refractivity contribution is 9.10. The number of hydrogen-bond acceptors (Lipinski definition) is 5. The summed E-state index contributed by atoms with van der Waals surface area (Å²) in [7, 11) is 0. The van der Waals surface area contributed by atoms with E-state index < -0.39 is 0 Å². The van der Waals surface area contributed by atoms with Crippen LogP contribution in [0.4, 0.5) is 5.69 Å². The molecule has 0 bridgehead atoms. The van der Waals surface area contributed by atoms with E-state index in [1.54, 1.807) is 11.3 Å². The molecule has 4 nitrogen and oxygen atoms in total. The van der Waals surface area contributed by atoms with E-state index in [1.165, 1.54) is 23.3 Å². The van der Waals surface area contributed by atoms with Crippen LogP contribution in [0.15, 0.2) is 58.0 Å². The molecule has 2 aromatic heterocycles. The van der Waals surface area contributed by atoms with Gasteiger partial charge in [-0.1, -0.05) is 23.7 Å². The molecule has 0 saturated carbocycles. The Morgan fingerprint density at radius 2 is 1.87 bits per heavy atom. The minimum Gasteiger partial charge on any atom is -0.486 e. The maximum Gasteiger partial charge on any atom is 0.169 e. The highest BCUT2D eigenvalue weighted by Gasteiger charge is 2.20. The molecule has 2 heterocycles. The number of aromatic nitrogens is 2. The number of aryl methyl sites for hydroxylation is 2. The van der Waals surface area contributed by atoms with Crippen molar-refractivity contribution in [3.8, 4) is 5.75 Å². The third-order valence-corrected chi connectivity index (χ3v) is 7.40. The van der Waals surface area contributed by atoms with Gasteiger partial charge in [0.05, 0.1) is 11.1 Å². The molecule has 2 aromatic carbocycles. The lowest BCUT2D eigenvalue weighted by Crippen LogP contribution is -2.03. The lowest BCUT2D eigenvalue weighted by molar-refractivity contribution is 0.296. The minimum atomic E-state index is 0.280. The molecular weight excluding hydrogens is 494 g/mol. The molecule has 156 valence electrons. The normalized spacial score (nSPS) is 13.6. The number of ether oxygens (including phenoxy) is 1. The molecule has 5 rings (SSSR count). The molecule has 31 heavy (non-hydrogen) atoms. The molecule has 0 atom stereocenters. The summed E-state index contributed by atoms with van der Waals surface area (Å²) in [5.41, 5.74) is 3.24. The van der Waals surface area contributed by atoms with Gasteiger partial charge in [-0.2, -0.15) is 0 Å². The minimum absolute atomic E-state index is 0.280. The molecule has 0 fully saturated rings. The zero-order valence-electron chi connectivity index (χ0n) is 16.6. The first-order chi connectivity index (χ1) is 15.2. The molecule has 0 spiro atoms. The van der Waals surface area contributed by atoms with Gasteiger partial charge in [0, 0.05) is 15.6 Å². The van der Waals surface area contributed by atoms with Crippen LogP contribution in [0.3, 0.4) is 0 Å². The van der Waals surface area contributed by atoms with Crippen molar-refractivity contribution in [1.82, 2.24) is 9.97 Å². The second kappa shape index (κ2) is 9.07. The number of thiophene rings is 1. The van der Waals surface area contributed by atoms with Crippen LogP contribution < -0.4 is 4.74 Å². The summed E-state index contributed by atoms with van der Waals surface area (Å²) in [6.45, 7) is 0.280. The standard InChI is InChI=1S/C24H19BrClN3OS/c25-18-6-2-3-7-19(18)27-13-15-9-11-16(12-10-15)30-14-21-28-23(26)22-17-5-1-4-8-20(17)31-24(22)29-21/h2-3,6-7,9-13H,1,4-5,8,14H2. The smallest absolute Gasteiger partial charge is 0.169 e. The van der Waals surface area contributed by atoms with Gasteiger partial charge in [-0.05, 0) is 89.1 Å². The zero-order chi connectivity index (χ0) is 21.2. The number of halogens is 2. The van der Waals surface area contributed by atoms with E-state index in [-0.39, 0.29) is 6.61 Å². The summed E-state index contributed by atoms with van der Waals surface area (Å²) in [5.74, 6) is 1.36. The average Bonchev–Trinajstić information content (AvgIpc) is 3.17. The lowest BCUT2D eigenvalue weighted by atomic mass is 9.97. The Labute approximate surface area is 198 Å². The number of benzene rings is 2. The topological polar surface area (TPSA) is 47.4 Å². The second-order valence-electron chi connectivity index (χ2n) is 7.39. The van der Waals surface area contributed by atoms with Crippen molar-refractivity contribution in [3.05, 3.63) is 80.0 Å². The number of aliphatic imine (C=N–C) groups is 1. The van der Waals surface area contributed by atoms with Crippen molar-refractivity contribution >= 4 is 61.0 Å². The highest BCUT2D eigenvalue weighted by atomic mass is 79.9. The quantitative estimate of drug-likeness (QED) is 0.208. The fourth-order valence-corrected chi connectivity index (χ4v) is 5.74. The number of para-hydroxylation sites is 1. The molecule has 0 N–H and O–H groups in total. The first-order valence-corrected chi connectivity index (χ1v) is 12.1. The molecule has 0 amide bonds. The van der Waals surface area contributed by atoms with Crippen molar-refractivity contribution in [2.24, 2.45) is 4.99 Å². The Morgan fingerprint density at radius 3 is 2.71 bits per heavy atom. The van der Waals surface area contributed by atoms with Crippen LogP contribution in [0, 0.1) is 0 Å². The van der Waals surface area contributed by atoms with Gasteiger partial charge in [0.15, 0.2) is 5.82 Å². The Morgan fingerprint density at radius 1 is 1.06 bits per heavy atom. The second-order valence-corrected chi connectivity index (χ2v) is 9.68. The van der Waals surface area contributed by atoms with Crippen LogP contribution in [0.5, 0.6) is 5.75 Å². The van der Waals surface area contributed by atoms with Gasteiger partial charge in [-0.15, -0.1) is 11.3 Å². The number of hydrogen-bond donors (Lipinski definition) is 0. The first kappa shape index (κ1) is 20.6. The zero-order valence-corrected chi connectivity index (χ0v) is 19.8. The molecule has 0 unspecified atom stereocenters. The van der Waals surface area contributed by atoms with Crippen LogP contribution in [0.1, 0.15) is 34.7 Å².